The molecule has 0 saturated carbocycles. The monoisotopic (exact) mass is 227 g/mol. The Hall–Kier alpha value is -0.570. The van der Waals surface area contributed by atoms with Gasteiger partial charge < -0.3 is 4.74 Å². The topological polar surface area (TPSA) is 29.5 Å². The molecule has 1 heterocycles. The largest absolute Gasteiger partial charge is 0.464 e. The highest BCUT2D eigenvalue weighted by Gasteiger charge is 2.26. The van der Waals surface area contributed by atoms with Crippen molar-refractivity contribution in [1.82, 2.24) is 4.90 Å². The summed E-state index contributed by atoms with van der Waals surface area (Å²) < 4.78 is 5.32. The molecule has 0 aromatic carbocycles. The molecule has 0 radical (unpaired) electrons. The summed E-state index contributed by atoms with van der Waals surface area (Å²) in [6.07, 6.45) is 4.75. The van der Waals surface area contributed by atoms with E-state index in [1.54, 1.807) is 0 Å². The van der Waals surface area contributed by atoms with Crippen molar-refractivity contribution in [2.75, 3.05) is 26.2 Å². The lowest BCUT2D eigenvalue weighted by atomic mass is 9.91. The Balaban J connectivity index is 2.17. The van der Waals surface area contributed by atoms with Gasteiger partial charge in [-0.05, 0) is 46.2 Å². The first kappa shape index (κ1) is 13.5. The summed E-state index contributed by atoms with van der Waals surface area (Å²) in [4.78, 5) is 14.1. The average molecular weight is 227 g/mol. The maximum absolute atomic E-state index is 11.7. The highest BCUT2D eigenvalue weighted by atomic mass is 16.5. The Morgan fingerprint density at radius 2 is 1.88 bits per heavy atom. The first-order valence-corrected chi connectivity index (χ1v) is 6.46. The van der Waals surface area contributed by atoms with Gasteiger partial charge in [0.15, 0.2) is 0 Å². The quantitative estimate of drug-likeness (QED) is 0.676. The SMILES string of the molecule is CCC(C)(C)C(=O)OCCN1CCCCC1. The molecule has 0 atom stereocenters. The molecule has 0 spiro atoms. The third-order valence-electron chi connectivity index (χ3n) is 3.53. The van der Waals surface area contributed by atoms with E-state index in [-0.39, 0.29) is 11.4 Å². The minimum Gasteiger partial charge on any atom is -0.464 e. The molecule has 1 rings (SSSR count). The summed E-state index contributed by atoms with van der Waals surface area (Å²) in [5.41, 5.74) is -0.331. The van der Waals surface area contributed by atoms with E-state index in [0.717, 1.165) is 26.1 Å². The Morgan fingerprint density at radius 1 is 1.25 bits per heavy atom. The van der Waals surface area contributed by atoms with Crippen molar-refractivity contribution >= 4 is 5.97 Å². The summed E-state index contributed by atoms with van der Waals surface area (Å²) in [7, 11) is 0. The number of likely N-dealkylation sites (tertiary alicyclic amines) is 1. The van der Waals surface area contributed by atoms with Crippen LogP contribution in [-0.2, 0) is 9.53 Å². The summed E-state index contributed by atoms with van der Waals surface area (Å²) in [5, 5.41) is 0. The lowest BCUT2D eigenvalue weighted by molar-refractivity contribution is -0.154. The van der Waals surface area contributed by atoms with Gasteiger partial charge >= 0.3 is 5.97 Å². The molecule has 1 aliphatic heterocycles. The molecule has 0 N–H and O–H groups in total. The van der Waals surface area contributed by atoms with Gasteiger partial charge in [0.25, 0.3) is 0 Å². The van der Waals surface area contributed by atoms with E-state index in [1.165, 1.54) is 19.3 Å². The number of carbonyl (C=O) groups is 1. The van der Waals surface area contributed by atoms with Crippen molar-refractivity contribution in [3.05, 3.63) is 0 Å². The molecule has 0 aromatic heterocycles. The molecule has 0 aromatic rings. The normalized spacial score (nSPS) is 18.4. The van der Waals surface area contributed by atoms with Crippen LogP contribution in [0.3, 0.4) is 0 Å². The van der Waals surface area contributed by atoms with Gasteiger partial charge in [-0.15, -0.1) is 0 Å². The van der Waals surface area contributed by atoms with Crippen molar-refractivity contribution in [3.8, 4) is 0 Å². The minimum absolute atomic E-state index is 0.0630. The number of esters is 1. The van der Waals surface area contributed by atoms with Crippen LogP contribution in [0.2, 0.25) is 0 Å². The number of hydrogen-bond donors (Lipinski definition) is 0. The van der Waals surface area contributed by atoms with Crippen molar-refractivity contribution in [2.45, 2.75) is 46.5 Å². The second-order valence-corrected chi connectivity index (χ2v) is 5.28. The third kappa shape index (κ3) is 4.12. The van der Waals surface area contributed by atoms with E-state index in [2.05, 4.69) is 4.90 Å². The lowest BCUT2D eigenvalue weighted by Crippen LogP contribution is -2.34. The summed E-state index contributed by atoms with van der Waals surface area (Å²) in [6, 6.07) is 0. The van der Waals surface area contributed by atoms with E-state index in [0.29, 0.717) is 6.61 Å². The molecule has 0 aliphatic carbocycles. The number of hydrogen-bond acceptors (Lipinski definition) is 3. The smallest absolute Gasteiger partial charge is 0.311 e. The Kier molecular flexibility index (Phi) is 5.26. The molecular formula is C13H25NO2. The van der Waals surface area contributed by atoms with E-state index in [4.69, 9.17) is 4.74 Å². The van der Waals surface area contributed by atoms with Crippen LogP contribution in [0.25, 0.3) is 0 Å². The zero-order valence-corrected chi connectivity index (χ0v) is 10.9. The van der Waals surface area contributed by atoms with Crippen LogP contribution in [0, 0.1) is 5.41 Å². The van der Waals surface area contributed by atoms with Crippen molar-refractivity contribution < 1.29 is 9.53 Å². The molecule has 94 valence electrons. The van der Waals surface area contributed by atoms with E-state index in [9.17, 15) is 4.79 Å². The molecule has 0 unspecified atom stereocenters. The average Bonchev–Trinajstić information content (AvgIpc) is 2.30. The molecule has 3 heteroatoms. The first-order chi connectivity index (χ1) is 7.56. The molecule has 1 aliphatic rings. The van der Waals surface area contributed by atoms with Crippen LogP contribution in [0.15, 0.2) is 0 Å². The molecular weight excluding hydrogens is 202 g/mol. The third-order valence-corrected chi connectivity index (χ3v) is 3.53. The van der Waals surface area contributed by atoms with Gasteiger partial charge in [-0.3, -0.25) is 9.69 Å². The highest BCUT2D eigenvalue weighted by Crippen LogP contribution is 2.21. The molecule has 1 saturated heterocycles. The maximum Gasteiger partial charge on any atom is 0.311 e. The van der Waals surface area contributed by atoms with Crippen molar-refractivity contribution in [1.29, 1.82) is 0 Å². The van der Waals surface area contributed by atoms with Crippen LogP contribution < -0.4 is 0 Å². The van der Waals surface area contributed by atoms with E-state index in [1.807, 2.05) is 20.8 Å². The van der Waals surface area contributed by atoms with E-state index >= 15 is 0 Å². The number of piperidine rings is 1. The second-order valence-electron chi connectivity index (χ2n) is 5.28. The summed E-state index contributed by atoms with van der Waals surface area (Å²) >= 11 is 0. The zero-order chi connectivity index (χ0) is 12.0. The van der Waals surface area contributed by atoms with Crippen LogP contribution in [-0.4, -0.2) is 37.1 Å². The Labute approximate surface area is 99.1 Å². The van der Waals surface area contributed by atoms with Gasteiger partial charge in [-0.2, -0.15) is 0 Å². The van der Waals surface area contributed by atoms with Gasteiger partial charge in [-0.25, -0.2) is 0 Å². The summed E-state index contributed by atoms with van der Waals surface area (Å²) in [6.45, 7) is 9.66. The predicted molar refractivity (Wildman–Crippen MR) is 65.3 cm³/mol. The van der Waals surface area contributed by atoms with Gasteiger partial charge in [0.1, 0.15) is 6.61 Å². The fourth-order valence-corrected chi connectivity index (χ4v) is 1.79. The minimum atomic E-state index is -0.331. The van der Waals surface area contributed by atoms with Crippen LogP contribution >= 0.6 is 0 Å². The zero-order valence-electron chi connectivity index (χ0n) is 10.9. The van der Waals surface area contributed by atoms with Crippen LogP contribution in [0.5, 0.6) is 0 Å². The van der Waals surface area contributed by atoms with Crippen molar-refractivity contribution in [3.63, 3.8) is 0 Å². The molecule has 16 heavy (non-hydrogen) atoms. The van der Waals surface area contributed by atoms with Crippen LogP contribution in [0.1, 0.15) is 46.5 Å². The summed E-state index contributed by atoms with van der Waals surface area (Å²) in [5.74, 6) is -0.0630. The Morgan fingerprint density at radius 3 is 2.44 bits per heavy atom. The molecule has 0 amide bonds. The standard InChI is InChI=1S/C13H25NO2/c1-4-13(2,3)12(15)16-11-10-14-8-6-5-7-9-14/h4-11H2,1-3H3. The van der Waals surface area contributed by atoms with Gasteiger partial charge in [0.05, 0.1) is 5.41 Å². The second kappa shape index (κ2) is 6.24. The molecule has 0 bridgehead atoms. The first-order valence-electron chi connectivity index (χ1n) is 6.46. The van der Waals surface area contributed by atoms with Gasteiger partial charge in [0.2, 0.25) is 0 Å². The molecule has 1 fully saturated rings. The fourth-order valence-electron chi connectivity index (χ4n) is 1.79. The number of rotatable bonds is 5. The Bertz CT molecular complexity index is 220. The molecule has 3 nitrogen and oxygen atoms in total. The number of nitrogens with zero attached hydrogens (tertiary/aromatic N) is 1. The van der Waals surface area contributed by atoms with E-state index < -0.39 is 0 Å². The van der Waals surface area contributed by atoms with Gasteiger partial charge in [-0.1, -0.05) is 13.3 Å². The maximum atomic E-state index is 11.7. The predicted octanol–water partition coefficient (Wildman–Crippen LogP) is 2.45. The lowest BCUT2D eigenvalue weighted by Gasteiger charge is -2.27. The number of ether oxygens (including phenoxy) is 1. The van der Waals surface area contributed by atoms with Gasteiger partial charge in [0, 0.05) is 6.54 Å². The van der Waals surface area contributed by atoms with Crippen LogP contribution in [0.4, 0.5) is 0 Å². The highest BCUT2D eigenvalue weighted by molar-refractivity contribution is 5.75. The number of carbonyl (C=O) groups excluding carboxylic acids is 1. The van der Waals surface area contributed by atoms with Crippen molar-refractivity contribution in [2.24, 2.45) is 5.41 Å². The fraction of sp³-hybridized carbons (Fsp3) is 0.923.